The molecule has 0 fully saturated rings. The van der Waals surface area contributed by atoms with Crippen LogP contribution in [0.25, 0.3) is 0 Å². The summed E-state index contributed by atoms with van der Waals surface area (Å²) in [4.78, 5) is 2.19. The van der Waals surface area contributed by atoms with Gasteiger partial charge in [0.25, 0.3) is 0 Å². The topological polar surface area (TPSA) is 105 Å². The van der Waals surface area contributed by atoms with Crippen LogP contribution in [0.15, 0.2) is 117 Å². The number of benzene rings is 4. The monoisotopic (exact) mass is 496 g/mol. The summed E-state index contributed by atoms with van der Waals surface area (Å²) in [7, 11) is -3.68. The zero-order valence-electron chi connectivity index (χ0n) is 17.3. The molecule has 0 unspecified atom stereocenters. The van der Waals surface area contributed by atoms with Crippen LogP contribution in [0.3, 0.4) is 0 Å². The van der Waals surface area contributed by atoms with Crippen LogP contribution in [0.1, 0.15) is 0 Å². The average Bonchev–Trinajstić information content (AvgIpc) is 2.86. The van der Waals surface area contributed by atoms with Gasteiger partial charge in [0.1, 0.15) is 23.0 Å². The molecule has 4 aromatic carbocycles. The predicted octanol–water partition coefficient (Wildman–Crippen LogP) is 6.04. The van der Waals surface area contributed by atoms with Crippen LogP contribution in [0.2, 0.25) is 0 Å². The summed E-state index contributed by atoms with van der Waals surface area (Å²) < 4.78 is 37.5. The molecule has 4 rings (SSSR count). The second-order valence-corrected chi connectivity index (χ2v) is 10.2. The van der Waals surface area contributed by atoms with Gasteiger partial charge in [-0.3, -0.25) is 10.3 Å². The molecular formula is C24H20N2O4S3. The lowest BCUT2D eigenvalue weighted by molar-refractivity contribution is 0.481. The van der Waals surface area contributed by atoms with Crippen molar-refractivity contribution in [2.75, 3.05) is 0 Å². The molecule has 0 saturated heterocycles. The van der Waals surface area contributed by atoms with Crippen molar-refractivity contribution in [3.63, 3.8) is 0 Å². The molecule has 0 aliphatic rings. The maximum atomic E-state index is 13.0. The van der Waals surface area contributed by atoms with Gasteiger partial charge in [0.05, 0.1) is 9.79 Å². The summed E-state index contributed by atoms with van der Waals surface area (Å²) in [5, 5.41) is 11.0. The molecular weight excluding hydrogens is 476 g/mol. The van der Waals surface area contributed by atoms with Gasteiger partial charge in [0.2, 0.25) is 9.84 Å². The van der Waals surface area contributed by atoms with Crippen LogP contribution >= 0.6 is 23.9 Å². The first kappa shape index (κ1) is 23.2. The molecule has 0 aliphatic heterocycles. The second-order valence-electron chi connectivity index (χ2n) is 6.83. The molecule has 0 saturated carbocycles. The lowest BCUT2D eigenvalue weighted by atomic mass is 10.3. The number of hydrogen-bond acceptors (Lipinski definition) is 8. The van der Waals surface area contributed by atoms with Gasteiger partial charge in [0.15, 0.2) is 0 Å². The van der Waals surface area contributed by atoms with Gasteiger partial charge in [0, 0.05) is 9.79 Å². The standard InChI is InChI=1S/C24H20N2O4S3/c25-31-21-9-1-17(2-10-21)29-19-5-13-23(14-6-19)33(27,28)24-15-7-20(8-16-24)30-18-3-11-22(32-26)12-4-18/h1-16H,25-26H2. The molecule has 0 bridgehead atoms. The highest BCUT2D eigenvalue weighted by molar-refractivity contribution is 7.97. The van der Waals surface area contributed by atoms with Crippen molar-refractivity contribution in [3.05, 3.63) is 97.1 Å². The van der Waals surface area contributed by atoms with Crippen molar-refractivity contribution in [1.29, 1.82) is 0 Å². The van der Waals surface area contributed by atoms with Crippen LogP contribution in [0.5, 0.6) is 23.0 Å². The number of sulfone groups is 1. The van der Waals surface area contributed by atoms with Gasteiger partial charge in [-0.05, 0) is 121 Å². The highest BCUT2D eigenvalue weighted by atomic mass is 32.2. The van der Waals surface area contributed by atoms with E-state index in [2.05, 4.69) is 0 Å². The summed E-state index contributed by atoms with van der Waals surface area (Å²) in [5.41, 5.74) is 0. The van der Waals surface area contributed by atoms with E-state index in [1.54, 1.807) is 48.5 Å². The highest BCUT2D eigenvalue weighted by Gasteiger charge is 2.18. The van der Waals surface area contributed by atoms with E-state index in [4.69, 9.17) is 19.8 Å². The Morgan fingerprint density at radius 3 is 1.03 bits per heavy atom. The number of hydrogen-bond donors (Lipinski definition) is 2. The third kappa shape index (κ3) is 5.70. The van der Waals surface area contributed by atoms with Crippen molar-refractivity contribution >= 4 is 33.7 Å². The molecule has 9 heteroatoms. The van der Waals surface area contributed by atoms with Crippen LogP contribution in [-0.2, 0) is 9.84 Å². The minimum absolute atomic E-state index is 0.174. The molecule has 0 aliphatic carbocycles. The fourth-order valence-electron chi connectivity index (χ4n) is 2.95. The smallest absolute Gasteiger partial charge is 0.206 e. The van der Waals surface area contributed by atoms with E-state index < -0.39 is 9.84 Å². The third-order valence-corrected chi connectivity index (χ3v) is 7.53. The van der Waals surface area contributed by atoms with Crippen LogP contribution < -0.4 is 19.8 Å². The van der Waals surface area contributed by atoms with E-state index in [1.807, 2.05) is 24.3 Å². The minimum Gasteiger partial charge on any atom is -0.457 e. The van der Waals surface area contributed by atoms with E-state index in [1.165, 1.54) is 24.3 Å². The Bertz CT molecular complexity index is 1210. The highest BCUT2D eigenvalue weighted by Crippen LogP contribution is 2.29. The average molecular weight is 497 g/mol. The Morgan fingerprint density at radius 2 is 0.758 bits per heavy atom. The third-order valence-electron chi connectivity index (χ3n) is 4.66. The van der Waals surface area contributed by atoms with Crippen LogP contribution in [0.4, 0.5) is 0 Å². The van der Waals surface area contributed by atoms with Crippen LogP contribution in [0, 0.1) is 0 Å². The lowest BCUT2D eigenvalue weighted by Gasteiger charge is -2.10. The Kier molecular flexibility index (Phi) is 7.26. The van der Waals surface area contributed by atoms with Crippen molar-refractivity contribution in [3.8, 4) is 23.0 Å². The van der Waals surface area contributed by atoms with Crippen molar-refractivity contribution in [2.24, 2.45) is 10.3 Å². The fraction of sp³-hybridized carbons (Fsp3) is 0. The molecule has 0 spiro atoms. The largest absolute Gasteiger partial charge is 0.457 e. The quantitative estimate of drug-likeness (QED) is 0.285. The van der Waals surface area contributed by atoms with E-state index in [9.17, 15) is 8.42 Å². The molecule has 4 aromatic rings. The summed E-state index contributed by atoms with van der Waals surface area (Å²) >= 11 is 2.31. The molecule has 0 heterocycles. The van der Waals surface area contributed by atoms with Crippen LogP contribution in [-0.4, -0.2) is 8.42 Å². The van der Waals surface area contributed by atoms with Crippen molar-refractivity contribution in [1.82, 2.24) is 0 Å². The zero-order chi connectivity index (χ0) is 23.3. The Morgan fingerprint density at radius 1 is 0.485 bits per heavy atom. The number of ether oxygens (including phenoxy) is 2. The maximum Gasteiger partial charge on any atom is 0.206 e. The first-order chi connectivity index (χ1) is 16.0. The van der Waals surface area contributed by atoms with Gasteiger partial charge in [-0.2, -0.15) is 0 Å². The molecule has 0 aromatic heterocycles. The molecule has 6 nitrogen and oxygen atoms in total. The number of rotatable bonds is 8. The molecule has 0 atom stereocenters. The summed E-state index contributed by atoms with van der Waals surface area (Å²) in [6.45, 7) is 0. The van der Waals surface area contributed by atoms with Gasteiger partial charge >= 0.3 is 0 Å². The fourth-order valence-corrected chi connectivity index (χ4v) is 4.80. The van der Waals surface area contributed by atoms with E-state index in [0.717, 1.165) is 33.7 Å². The van der Waals surface area contributed by atoms with Gasteiger partial charge in [-0.25, -0.2) is 8.42 Å². The van der Waals surface area contributed by atoms with Gasteiger partial charge in [-0.15, -0.1) is 0 Å². The Hall–Kier alpha value is -2.95. The normalized spacial score (nSPS) is 11.2. The lowest BCUT2D eigenvalue weighted by Crippen LogP contribution is -2.01. The second kappa shape index (κ2) is 10.3. The van der Waals surface area contributed by atoms with Gasteiger partial charge < -0.3 is 9.47 Å². The van der Waals surface area contributed by atoms with E-state index in [-0.39, 0.29) is 9.79 Å². The predicted molar refractivity (Wildman–Crippen MR) is 131 cm³/mol. The molecule has 33 heavy (non-hydrogen) atoms. The minimum atomic E-state index is -3.68. The first-order valence-electron chi connectivity index (χ1n) is 9.72. The summed E-state index contributed by atoms with van der Waals surface area (Å²) in [6.07, 6.45) is 0. The summed E-state index contributed by atoms with van der Waals surface area (Å²) in [6, 6.07) is 27.2. The maximum absolute atomic E-state index is 13.0. The zero-order valence-corrected chi connectivity index (χ0v) is 19.7. The summed E-state index contributed by atoms with van der Waals surface area (Å²) in [5.74, 6) is 2.33. The SMILES string of the molecule is NSc1ccc(Oc2ccc(S(=O)(=O)c3ccc(Oc4ccc(SN)cc4)cc3)cc2)cc1. The van der Waals surface area contributed by atoms with E-state index >= 15 is 0 Å². The number of nitrogens with two attached hydrogens (primary N) is 2. The first-order valence-corrected chi connectivity index (χ1v) is 13.0. The molecule has 4 N–H and O–H groups in total. The Balaban J connectivity index is 1.45. The molecule has 168 valence electrons. The van der Waals surface area contributed by atoms with E-state index in [0.29, 0.717) is 23.0 Å². The molecule has 0 radical (unpaired) electrons. The molecule has 0 amide bonds. The Labute approximate surface area is 201 Å². The van der Waals surface area contributed by atoms with Crippen molar-refractivity contribution in [2.45, 2.75) is 19.6 Å². The van der Waals surface area contributed by atoms with Gasteiger partial charge in [-0.1, -0.05) is 0 Å². The van der Waals surface area contributed by atoms with Crippen molar-refractivity contribution < 1.29 is 17.9 Å².